The van der Waals surface area contributed by atoms with Crippen LogP contribution in [0.1, 0.15) is 49.9 Å². The highest BCUT2D eigenvalue weighted by Gasteiger charge is 2.40. The van der Waals surface area contributed by atoms with Crippen LogP contribution in [0.15, 0.2) is 6.07 Å². The third kappa shape index (κ3) is 3.47. The van der Waals surface area contributed by atoms with Gasteiger partial charge in [0.25, 0.3) is 0 Å². The van der Waals surface area contributed by atoms with Crippen LogP contribution in [0, 0.1) is 6.92 Å². The summed E-state index contributed by atoms with van der Waals surface area (Å²) in [7, 11) is 6.42. The predicted molar refractivity (Wildman–Crippen MR) is 86.9 cm³/mol. The largest absolute Gasteiger partial charge is 0.302 e. The van der Waals surface area contributed by atoms with E-state index in [1.807, 2.05) is 18.7 Å². The second kappa shape index (κ2) is 6.90. The molecule has 0 aromatic carbocycles. The number of nitrogens with zero attached hydrogens (tertiary/aromatic N) is 3. The van der Waals surface area contributed by atoms with E-state index in [2.05, 4.69) is 35.6 Å². The maximum absolute atomic E-state index is 5.98. The van der Waals surface area contributed by atoms with Crippen molar-refractivity contribution in [3.8, 4) is 0 Å². The highest BCUT2D eigenvalue weighted by molar-refractivity contribution is 5.13. The Morgan fingerprint density at radius 3 is 2.38 bits per heavy atom. The molecular weight excluding hydrogens is 262 g/mol. The maximum atomic E-state index is 5.98. The molecule has 0 aliphatic heterocycles. The zero-order valence-corrected chi connectivity index (χ0v) is 14.0. The first kappa shape index (κ1) is 16.5. The molecule has 3 N–H and O–H groups in total. The average molecular weight is 293 g/mol. The summed E-state index contributed by atoms with van der Waals surface area (Å²) in [6.45, 7) is 2.04. The van der Waals surface area contributed by atoms with Gasteiger partial charge in [-0.15, -0.1) is 0 Å². The molecule has 1 aromatic rings. The molecule has 5 heteroatoms. The van der Waals surface area contributed by atoms with Crippen molar-refractivity contribution in [3.05, 3.63) is 17.5 Å². The van der Waals surface area contributed by atoms with Crippen LogP contribution in [0.5, 0.6) is 0 Å². The fraction of sp³-hybridized carbons (Fsp3) is 0.812. The van der Waals surface area contributed by atoms with E-state index in [0.717, 1.165) is 12.1 Å². The van der Waals surface area contributed by atoms with Gasteiger partial charge in [0.05, 0.1) is 5.69 Å². The van der Waals surface area contributed by atoms with Crippen LogP contribution in [0.4, 0.5) is 0 Å². The first-order chi connectivity index (χ1) is 9.99. The van der Waals surface area contributed by atoms with E-state index < -0.39 is 0 Å². The lowest BCUT2D eigenvalue weighted by molar-refractivity contribution is 0.0793. The number of rotatable bonds is 5. The Morgan fingerprint density at radius 1 is 1.33 bits per heavy atom. The van der Waals surface area contributed by atoms with Gasteiger partial charge in [-0.1, -0.05) is 25.7 Å². The van der Waals surface area contributed by atoms with Crippen LogP contribution in [0.25, 0.3) is 0 Å². The monoisotopic (exact) mass is 293 g/mol. The molecule has 1 aromatic heterocycles. The van der Waals surface area contributed by atoms with Gasteiger partial charge in [-0.25, -0.2) is 0 Å². The highest BCUT2D eigenvalue weighted by atomic mass is 15.3. The number of hydrazine groups is 1. The highest BCUT2D eigenvalue weighted by Crippen LogP contribution is 2.35. The molecule has 2 rings (SSSR count). The van der Waals surface area contributed by atoms with E-state index in [1.165, 1.54) is 44.2 Å². The van der Waals surface area contributed by atoms with Crippen LogP contribution in [0.2, 0.25) is 0 Å². The van der Waals surface area contributed by atoms with Crippen LogP contribution < -0.4 is 11.3 Å². The smallest absolute Gasteiger partial charge is 0.0596 e. The van der Waals surface area contributed by atoms with E-state index in [4.69, 9.17) is 5.84 Å². The summed E-state index contributed by atoms with van der Waals surface area (Å²) in [4.78, 5) is 2.39. The first-order valence-electron chi connectivity index (χ1n) is 8.12. The van der Waals surface area contributed by atoms with Crippen molar-refractivity contribution in [2.45, 2.75) is 63.5 Å². The van der Waals surface area contributed by atoms with Crippen molar-refractivity contribution in [2.24, 2.45) is 12.9 Å². The number of hydrogen-bond donors (Lipinski definition) is 2. The van der Waals surface area contributed by atoms with Gasteiger partial charge in [0.2, 0.25) is 0 Å². The molecule has 1 fully saturated rings. The van der Waals surface area contributed by atoms with E-state index in [9.17, 15) is 0 Å². The summed E-state index contributed by atoms with van der Waals surface area (Å²) in [6.07, 6.45) is 8.63. The van der Waals surface area contributed by atoms with Gasteiger partial charge in [-0.05, 0) is 39.9 Å². The minimum atomic E-state index is 0.142. The van der Waals surface area contributed by atoms with Crippen molar-refractivity contribution < 1.29 is 0 Å². The zero-order valence-electron chi connectivity index (χ0n) is 14.0. The Balaban J connectivity index is 2.25. The van der Waals surface area contributed by atoms with Gasteiger partial charge in [0.15, 0.2) is 0 Å². The van der Waals surface area contributed by atoms with E-state index >= 15 is 0 Å². The molecule has 0 amide bonds. The van der Waals surface area contributed by atoms with Gasteiger partial charge in [-0.2, -0.15) is 5.10 Å². The molecule has 1 aliphatic carbocycles. The Kier molecular flexibility index (Phi) is 5.41. The number of aryl methyl sites for hydroxylation is 2. The van der Waals surface area contributed by atoms with Gasteiger partial charge >= 0.3 is 0 Å². The molecule has 1 atom stereocenters. The quantitative estimate of drug-likeness (QED) is 0.493. The molecule has 1 saturated carbocycles. The summed E-state index contributed by atoms with van der Waals surface area (Å²) in [5.41, 5.74) is 5.59. The van der Waals surface area contributed by atoms with Crippen molar-refractivity contribution in [2.75, 3.05) is 14.1 Å². The van der Waals surface area contributed by atoms with Crippen LogP contribution in [-0.4, -0.2) is 40.4 Å². The van der Waals surface area contributed by atoms with Gasteiger partial charge in [-0.3, -0.25) is 16.0 Å². The summed E-state index contributed by atoms with van der Waals surface area (Å²) < 4.78 is 1.99. The van der Waals surface area contributed by atoms with Crippen molar-refractivity contribution in [1.82, 2.24) is 20.1 Å². The first-order valence-corrected chi connectivity index (χ1v) is 8.12. The minimum Gasteiger partial charge on any atom is -0.302 e. The Hall–Kier alpha value is -0.910. The Labute approximate surface area is 128 Å². The SMILES string of the molecule is Cc1cc(CC(NN)C2(N(C)C)CCCCCC2)n(C)n1. The number of aromatic nitrogens is 2. The molecule has 1 aliphatic rings. The number of nitrogens with two attached hydrogens (primary N) is 1. The van der Waals surface area contributed by atoms with Gasteiger partial charge in [0.1, 0.15) is 0 Å². The molecule has 0 saturated heterocycles. The minimum absolute atomic E-state index is 0.142. The Morgan fingerprint density at radius 2 is 1.95 bits per heavy atom. The molecule has 120 valence electrons. The normalized spacial score (nSPS) is 20.5. The zero-order chi connectivity index (χ0) is 15.5. The van der Waals surface area contributed by atoms with E-state index in [0.29, 0.717) is 0 Å². The lowest BCUT2D eigenvalue weighted by atomic mass is 9.79. The molecule has 21 heavy (non-hydrogen) atoms. The van der Waals surface area contributed by atoms with E-state index in [1.54, 1.807) is 0 Å². The topological polar surface area (TPSA) is 59.1 Å². The predicted octanol–water partition coefficient (Wildman–Crippen LogP) is 1.76. The molecule has 5 nitrogen and oxygen atoms in total. The fourth-order valence-corrected chi connectivity index (χ4v) is 3.92. The second-order valence-electron chi connectivity index (χ2n) is 6.74. The van der Waals surface area contributed by atoms with Crippen LogP contribution in [0.3, 0.4) is 0 Å². The van der Waals surface area contributed by atoms with Crippen molar-refractivity contribution in [1.29, 1.82) is 0 Å². The van der Waals surface area contributed by atoms with Crippen LogP contribution >= 0.6 is 0 Å². The second-order valence-corrected chi connectivity index (χ2v) is 6.74. The average Bonchev–Trinajstić information content (AvgIpc) is 2.66. The lowest BCUT2D eigenvalue weighted by Crippen LogP contribution is -2.61. The molecule has 1 unspecified atom stereocenters. The van der Waals surface area contributed by atoms with Crippen molar-refractivity contribution >= 4 is 0 Å². The third-order valence-electron chi connectivity index (χ3n) is 5.22. The fourth-order valence-electron chi connectivity index (χ4n) is 3.92. The number of hydrogen-bond acceptors (Lipinski definition) is 4. The number of nitrogens with one attached hydrogen (secondary N) is 1. The van der Waals surface area contributed by atoms with E-state index in [-0.39, 0.29) is 11.6 Å². The molecule has 1 heterocycles. The summed E-state index contributed by atoms with van der Waals surface area (Å²) in [6, 6.07) is 2.42. The molecule has 0 bridgehead atoms. The maximum Gasteiger partial charge on any atom is 0.0596 e. The van der Waals surface area contributed by atoms with Gasteiger partial charge in [0, 0.05) is 30.7 Å². The number of likely N-dealkylation sites (N-methyl/N-ethyl adjacent to an activating group) is 1. The van der Waals surface area contributed by atoms with Crippen molar-refractivity contribution in [3.63, 3.8) is 0 Å². The molecular formula is C16H31N5. The Bertz CT molecular complexity index is 444. The summed E-state index contributed by atoms with van der Waals surface area (Å²) >= 11 is 0. The summed E-state index contributed by atoms with van der Waals surface area (Å²) in [5.74, 6) is 5.98. The molecule has 0 spiro atoms. The lowest BCUT2D eigenvalue weighted by Gasteiger charge is -2.45. The summed E-state index contributed by atoms with van der Waals surface area (Å²) in [5, 5.41) is 4.46. The standard InChI is InChI=1S/C16H31N5/c1-13-11-14(21(4)19-13)12-15(18-17)16(20(2)3)9-7-5-6-8-10-16/h11,15,18H,5-10,12,17H2,1-4H3. The van der Waals surface area contributed by atoms with Gasteiger partial charge < -0.3 is 4.90 Å². The third-order valence-corrected chi connectivity index (χ3v) is 5.22. The van der Waals surface area contributed by atoms with Crippen LogP contribution in [-0.2, 0) is 13.5 Å². The molecule has 0 radical (unpaired) electrons.